The number of rotatable bonds is 4. The van der Waals surface area contributed by atoms with Crippen LogP contribution in [0.3, 0.4) is 0 Å². The van der Waals surface area contributed by atoms with Gasteiger partial charge in [0, 0.05) is 25.1 Å². The summed E-state index contributed by atoms with van der Waals surface area (Å²) in [5.41, 5.74) is 6.73. The Morgan fingerprint density at radius 2 is 1.71 bits per heavy atom. The van der Waals surface area contributed by atoms with Crippen LogP contribution in [0, 0.1) is 0 Å². The monoisotopic (exact) mass is 320 g/mol. The van der Waals surface area contributed by atoms with Gasteiger partial charge in [0.15, 0.2) is 0 Å². The predicted octanol–water partition coefficient (Wildman–Crippen LogP) is 2.01. The number of pyridine rings is 1. The minimum atomic E-state index is -0.419. The molecule has 0 radical (unpaired) electrons. The van der Waals surface area contributed by atoms with Crippen LogP contribution in [0.5, 0.6) is 0 Å². The summed E-state index contributed by atoms with van der Waals surface area (Å²) in [7, 11) is 0. The molecule has 24 heavy (non-hydrogen) atoms. The normalized spacial score (nSPS) is 10.2. The van der Waals surface area contributed by atoms with E-state index in [0.29, 0.717) is 17.8 Å². The predicted molar refractivity (Wildman–Crippen MR) is 89.1 cm³/mol. The first kappa shape index (κ1) is 15.5. The van der Waals surface area contributed by atoms with Crippen molar-refractivity contribution in [3.05, 3.63) is 90.0 Å². The Labute approximate surface area is 139 Å². The lowest BCUT2D eigenvalue weighted by Gasteiger charge is -2.11. The van der Waals surface area contributed by atoms with Crippen molar-refractivity contribution in [1.82, 2.24) is 20.4 Å². The Morgan fingerprint density at radius 3 is 2.46 bits per heavy atom. The van der Waals surface area contributed by atoms with Gasteiger partial charge in [0.25, 0.3) is 11.8 Å². The molecular weight excluding hydrogens is 304 g/mol. The summed E-state index contributed by atoms with van der Waals surface area (Å²) in [4.78, 5) is 28.1. The zero-order valence-electron chi connectivity index (χ0n) is 12.8. The zero-order chi connectivity index (χ0) is 16.8. The Kier molecular flexibility index (Phi) is 4.67. The van der Waals surface area contributed by atoms with Crippen LogP contribution >= 0.6 is 0 Å². The molecule has 1 aromatic carbocycles. The maximum absolute atomic E-state index is 12.3. The third-order valence-corrected chi connectivity index (χ3v) is 3.47. The fraction of sp³-hybridized carbons (Fsp3) is 0.0556. The van der Waals surface area contributed by atoms with Crippen molar-refractivity contribution in [2.24, 2.45) is 0 Å². The minimum Gasteiger partial charge on any atom is -0.339 e. The van der Waals surface area contributed by atoms with E-state index in [1.54, 1.807) is 30.5 Å². The second kappa shape index (κ2) is 7.23. The van der Waals surface area contributed by atoms with Gasteiger partial charge in [-0.15, -0.1) is 0 Å². The number of benzene rings is 1. The van der Waals surface area contributed by atoms with Gasteiger partial charge < -0.3 is 4.57 Å². The van der Waals surface area contributed by atoms with Gasteiger partial charge in [0.2, 0.25) is 0 Å². The molecule has 3 aromatic rings. The molecule has 2 amide bonds. The SMILES string of the molecule is O=C(NNC(=O)c1cccn1Cc1ccccc1)c1cccnc1. The van der Waals surface area contributed by atoms with Crippen LogP contribution in [0.4, 0.5) is 0 Å². The summed E-state index contributed by atoms with van der Waals surface area (Å²) in [6.07, 6.45) is 4.83. The number of hydrogen-bond acceptors (Lipinski definition) is 3. The van der Waals surface area contributed by atoms with E-state index in [1.807, 2.05) is 41.1 Å². The van der Waals surface area contributed by atoms with E-state index in [4.69, 9.17) is 0 Å². The molecule has 6 nitrogen and oxygen atoms in total. The maximum Gasteiger partial charge on any atom is 0.286 e. The maximum atomic E-state index is 12.3. The number of carbonyl (C=O) groups is 2. The number of nitrogens with one attached hydrogen (secondary N) is 2. The highest BCUT2D eigenvalue weighted by Gasteiger charge is 2.12. The summed E-state index contributed by atoms with van der Waals surface area (Å²) in [6, 6.07) is 16.6. The van der Waals surface area contributed by atoms with Gasteiger partial charge in [-0.1, -0.05) is 30.3 Å². The molecule has 0 atom stereocenters. The van der Waals surface area contributed by atoms with E-state index in [1.165, 1.54) is 6.20 Å². The number of amides is 2. The van der Waals surface area contributed by atoms with Crippen LogP contribution in [-0.4, -0.2) is 21.4 Å². The summed E-state index contributed by atoms with van der Waals surface area (Å²) < 4.78 is 1.82. The Bertz CT molecular complexity index is 828. The Hall–Kier alpha value is -3.41. The van der Waals surface area contributed by atoms with E-state index in [-0.39, 0.29) is 5.91 Å². The van der Waals surface area contributed by atoms with E-state index >= 15 is 0 Å². The van der Waals surface area contributed by atoms with Crippen LogP contribution in [-0.2, 0) is 6.54 Å². The summed E-state index contributed by atoms with van der Waals surface area (Å²) >= 11 is 0. The van der Waals surface area contributed by atoms with Gasteiger partial charge in [0.05, 0.1) is 5.56 Å². The van der Waals surface area contributed by atoms with Gasteiger partial charge in [-0.2, -0.15) is 0 Å². The van der Waals surface area contributed by atoms with E-state index in [2.05, 4.69) is 15.8 Å². The first-order valence-electron chi connectivity index (χ1n) is 7.44. The topological polar surface area (TPSA) is 76.0 Å². The fourth-order valence-electron chi connectivity index (χ4n) is 2.29. The lowest BCUT2D eigenvalue weighted by Crippen LogP contribution is -2.42. The quantitative estimate of drug-likeness (QED) is 0.722. The molecule has 3 rings (SSSR count). The molecular formula is C18H16N4O2. The smallest absolute Gasteiger partial charge is 0.286 e. The van der Waals surface area contributed by atoms with Crippen molar-refractivity contribution in [2.75, 3.05) is 0 Å². The van der Waals surface area contributed by atoms with Crippen LogP contribution in [0.2, 0.25) is 0 Å². The number of aromatic nitrogens is 2. The summed E-state index contributed by atoms with van der Waals surface area (Å²) in [6.45, 7) is 0.577. The molecule has 0 unspecified atom stereocenters. The number of hydrogen-bond donors (Lipinski definition) is 2. The zero-order valence-corrected chi connectivity index (χ0v) is 12.8. The number of carbonyl (C=O) groups excluding carboxylic acids is 2. The largest absolute Gasteiger partial charge is 0.339 e. The molecule has 0 spiro atoms. The van der Waals surface area contributed by atoms with Gasteiger partial charge in [-0.3, -0.25) is 25.4 Å². The van der Waals surface area contributed by atoms with Crippen molar-refractivity contribution in [2.45, 2.75) is 6.54 Å². The highest BCUT2D eigenvalue weighted by atomic mass is 16.2. The minimum absolute atomic E-state index is 0.373. The summed E-state index contributed by atoms with van der Waals surface area (Å²) in [5.74, 6) is -0.800. The van der Waals surface area contributed by atoms with Gasteiger partial charge in [-0.25, -0.2) is 0 Å². The molecule has 0 aliphatic heterocycles. The van der Waals surface area contributed by atoms with E-state index in [0.717, 1.165) is 5.56 Å². The third-order valence-electron chi connectivity index (χ3n) is 3.47. The molecule has 0 bridgehead atoms. The molecule has 2 N–H and O–H groups in total. The lowest BCUT2D eigenvalue weighted by molar-refractivity contribution is 0.0841. The van der Waals surface area contributed by atoms with E-state index < -0.39 is 5.91 Å². The van der Waals surface area contributed by atoms with Crippen molar-refractivity contribution in [3.63, 3.8) is 0 Å². The third kappa shape index (κ3) is 3.67. The Balaban J connectivity index is 1.64. The molecule has 0 saturated heterocycles. The standard InChI is InChI=1S/C18H16N4O2/c23-17(15-8-4-10-19-12-15)20-21-18(24)16-9-5-11-22(16)13-14-6-2-1-3-7-14/h1-12H,13H2,(H,20,23)(H,21,24). The molecule has 6 heteroatoms. The molecule has 0 saturated carbocycles. The van der Waals surface area contributed by atoms with Gasteiger partial charge >= 0.3 is 0 Å². The molecule has 2 heterocycles. The molecule has 0 aliphatic carbocycles. The first-order chi connectivity index (χ1) is 11.7. The second-order valence-corrected chi connectivity index (χ2v) is 5.16. The van der Waals surface area contributed by atoms with Crippen molar-refractivity contribution in [1.29, 1.82) is 0 Å². The molecule has 0 fully saturated rings. The highest BCUT2D eigenvalue weighted by Crippen LogP contribution is 2.07. The summed E-state index contributed by atoms with van der Waals surface area (Å²) in [5, 5.41) is 0. The van der Waals surface area contributed by atoms with Gasteiger partial charge in [0.1, 0.15) is 5.69 Å². The van der Waals surface area contributed by atoms with Crippen molar-refractivity contribution < 1.29 is 9.59 Å². The first-order valence-corrected chi connectivity index (χ1v) is 7.44. The fourth-order valence-corrected chi connectivity index (χ4v) is 2.29. The van der Waals surface area contributed by atoms with E-state index in [9.17, 15) is 9.59 Å². The average Bonchev–Trinajstić information content (AvgIpc) is 3.09. The van der Waals surface area contributed by atoms with Crippen LogP contribution in [0.25, 0.3) is 0 Å². The average molecular weight is 320 g/mol. The molecule has 0 aliphatic rings. The van der Waals surface area contributed by atoms with Gasteiger partial charge in [-0.05, 0) is 29.8 Å². The molecule has 2 aromatic heterocycles. The molecule has 120 valence electrons. The number of nitrogens with zero attached hydrogens (tertiary/aromatic N) is 2. The lowest BCUT2D eigenvalue weighted by atomic mass is 10.2. The van der Waals surface area contributed by atoms with Crippen molar-refractivity contribution >= 4 is 11.8 Å². The highest BCUT2D eigenvalue weighted by molar-refractivity contribution is 5.98. The second-order valence-electron chi connectivity index (χ2n) is 5.16. The number of hydrazine groups is 1. The van der Waals surface area contributed by atoms with Crippen LogP contribution in [0.15, 0.2) is 73.2 Å². The van der Waals surface area contributed by atoms with Crippen LogP contribution in [0.1, 0.15) is 26.4 Å². The van der Waals surface area contributed by atoms with Crippen LogP contribution < -0.4 is 10.9 Å². The van der Waals surface area contributed by atoms with Crippen molar-refractivity contribution in [3.8, 4) is 0 Å². The Morgan fingerprint density at radius 1 is 0.917 bits per heavy atom.